The molecule has 0 atom stereocenters. The molecule has 0 spiro atoms. The van der Waals surface area contributed by atoms with Crippen molar-refractivity contribution in [3.63, 3.8) is 0 Å². The van der Waals surface area contributed by atoms with Crippen LogP contribution in [-0.4, -0.2) is 78.0 Å². The minimum Gasteiger partial charge on any atom is -0.385 e. The second-order valence-corrected chi connectivity index (χ2v) is 10.4. The number of piperazine rings is 1. The lowest BCUT2D eigenvalue weighted by Gasteiger charge is -2.34. The summed E-state index contributed by atoms with van der Waals surface area (Å²) in [6, 6.07) is 9.02. The number of hydrogen-bond donors (Lipinski definition) is 2. The van der Waals surface area contributed by atoms with Crippen molar-refractivity contribution in [2.75, 3.05) is 56.7 Å². The van der Waals surface area contributed by atoms with Crippen LogP contribution in [0.25, 0.3) is 16.2 Å². The largest absolute Gasteiger partial charge is 0.385 e. The van der Waals surface area contributed by atoms with E-state index in [0.29, 0.717) is 32.3 Å². The van der Waals surface area contributed by atoms with E-state index < -0.39 is 0 Å². The van der Waals surface area contributed by atoms with Gasteiger partial charge in [-0.15, -0.1) is 5.10 Å². The summed E-state index contributed by atoms with van der Waals surface area (Å²) in [6.45, 7) is 6.28. The molecule has 0 unspecified atom stereocenters. The quantitative estimate of drug-likeness (QED) is 0.458. The van der Waals surface area contributed by atoms with E-state index in [1.165, 1.54) is 31.2 Å². The molecular formula is C25H35N7O2S. The van der Waals surface area contributed by atoms with Gasteiger partial charge < -0.3 is 25.2 Å². The Labute approximate surface area is 210 Å². The van der Waals surface area contributed by atoms with Gasteiger partial charge in [0.05, 0.1) is 0 Å². The molecule has 9 nitrogen and oxygen atoms in total. The molecule has 10 heteroatoms. The molecule has 2 aliphatic rings. The normalized spacial score (nSPS) is 16.9. The van der Waals surface area contributed by atoms with Crippen LogP contribution in [0.1, 0.15) is 37.7 Å². The molecule has 2 N–H and O–H groups in total. The monoisotopic (exact) mass is 497 g/mol. The van der Waals surface area contributed by atoms with Crippen molar-refractivity contribution in [3.8, 4) is 11.3 Å². The summed E-state index contributed by atoms with van der Waals surface area (Å²) >= 11 is 1.62. The van der Waals surface area contributed by atoms with Gasteiger partial charge in [0.25, 0.3) is 0 Å². The van der Waals surface area contributed by atoms with Gasteiger partial charge in [0.1, 0.15) is 5.69 Å². The Morgan fingerprint density at radius 2 is 1.89 bits per heavy atom. The minimum atomic E-state index is 0.000448. The smallest absolute Gasteiger partial charge is 0.317 e. The second-order valence-electron chi connectivity index (χ2n) is 9.43. The number of nitrogens with one attached hydrogen (secondary N) is 2. The molecule has 3 heterocycles. The van der Waals surface area contributed by atoms with Crippen molar-refractivity contribution in [3.05, 3.63) is 29.8 Å². The number of benzene rings is 1. The number of fused-ring (bicyclic) bond motifs is 1. The van der Waals surface area contributed by atoms with Crippen LogP contribution in [0.2, 0.25) is 0 Å². The van der Waals surface area contributed by atoms with Gasteiger partial charge in [-0.3, -0.25) is 0 Å². The second kappa shape index (κ2) is 10.8. The number of imidazole rings is 1. The first-order valence-corrected chi connectivity index (χ1v) is 13.4. The molecule has 5 rings (SSSR count). The highest BCUT2D eigenvalue weighted by atomic mass is 32.1. The van der Waals surface area contributed by atoms with Gasteiger partial charge in [-0.25, -0.2) is 9.78 Å². The Bertz CT molecular complexity index is 1130. The van der Waals surface area contributed by atoms with E-state index in [4.69, 9.17) is 14.8 Å². The summed E-state index contributed by atoms with van der Waals surface area (Å²) in [7, 11) is 1.67. The van der Waals surface area contributed by atoms with E-state index in [1.807, 2.05) is 9.42 Å². The van der Waals surface area contributed by atoms with Crippen molar-refractivity contribution in [1.82, 2.24) is 24.8 Å². The first kappa shape index (κ1) is 23.9. The van der Waals surface area contributed by atoms with Gasteiger partial charge in [-0.1, -0.05) is 54.0 Å². The highest BCUT2D eigenvalue weighted by Crippen LogP contribution is 2.35. The third kappa shape index (κ3) is 5.38. The van der Waals surface area contributed by atoms with Gasteiger partial charge in [0, 0.05) is 58.0 Å². The first-order valence-electron chi connectivity index (χ1n) is 12.6. The average molecular weight is 498 g/mol. The predicted molar refractivity (Wildman–Crippen MR) is 141 cm³/mol. The van der Waals surface area contributed by atoms with Crippen LogP contribution >= 0.6 is 11.3 Å². The number of carbonyl (C=O) groups excluding carboxylic acids is 1. The third-order valence-electron chi connectivity index (χ3n) is 6.85. The number of rotatable bonds is 8. The van der Waals surface area contributed by atoms with Crippen molar-refractivity contribution in [2.45, 2.75) is 45.1 Å². The van der Waals surface area contributed by atoms with Gasteiger partial charge in [0.15, 0.2) is 5.82 Å². The maximum absolute atomic E-state index is 12.4. The maximum Gasteiger partial charge on any atom is 0.317 e. The Morgan fingerprint density at radius 3 is 2.60 bits per heavy atom. The number of aryl methyl sites for hydroxylation is 1. The standard InChI is InChI=1S/C25H35N7O2S/c1-18-8-10-19(11-9-18)21-22(27-20-6-3-4-7-20)32-24(28-21)35-25(29-32)31-15-13-30(14-16-31)23(33)26-12-5-17-34-2/h8-11,20,27H,3-7,12-17H2,1-2H3,(H,26,33). The first-order chi connectivity index (χ1) is 17.1. The highest BCUT2D eigenvalue weighted by molar-refractivity contribution is 7.20. The zero-order valence-electron chi connectivity index (χ0n) is 20.6. The van der Waals surface area contributed by atoms with Crippen molar-refractivity contribution in [2.24, 2.45) is 0 Å². The number of methoxy groups -OCH3 is 1. The van der Waals surface area contributed by atoms with E-state index in [2.05, 4.69) is 46.7 Å². The molecule has 0 bridgehead atoms. The number of hydrogen-bond acceptors (Lipinski definition) is 7. The van der Waals surface area contributed by atoms with Crippen LogP contribution in [0.5, 0.6) is 0 Å². The molecule has 3 aromatic rings. The van der Waals surface area contributed by atoms with E-state index in [1.54, 1.807) is 18.4 Å². The SMILES string of the molecule is COCCCNC(=O)N1CCN(c2nn3c(NC4CCCC4)c(-c4ccc(C)cc4)nc3s2)CC1. The number of amides is 2. The van der Waals surface area contributed by atoms with Crippen LogP contribution in [0.15, 0.2) is 24.3 Å². The fraction of sp³-hybridized carbons (Fsp3) is 0.560. The minimum absolute atomic E-state index is 0.000448. The number of anilines is 2. The predicted octanol–water partition coefficient (Wildman–Crippen LogP) is 3.99. The Morgan fingerprint density at radius 1 is 1.14 bits per heavy atom. The Kier molecular flexibility index (Phi) is 7.38. The molecule has 1 aliphatic heterocycles. The molecule has 35 heavy (non-hydrogen) atoms. The molecule has 1 saturated carbocycles. The average Bonchev–Trinajstić information content (AvgIpc) is 3.61. The highest BCUT2D eigenvalue weighted by Gasteiger charge is 2.26. The number of carbonyl (C=O) groups is 1. The molecule has 188 valence electrons. The Hall–Kier alpha value is -2.85. The summed E-state index contributed by atoms with van der Waals surface area (Å²) in [4.78, 5) is 22.5. The number of ether oxygens (including phenoxy) is 1. The zero-order chi connectivity index (χ0) is 24.2. The van der Waals surface area contributed by atoms with Gasteiger partial charge in [-0.2, -0.15) is 4.52 Å². The summed E-state index contributed by atoms with van der Waals surface area (Å²) in [5.74, 6) is 0.993. The molecule has 2 aromatic heterocycles. The fourth-order valence-electron chi connectivity index (χ4n) is 4.80. The molecule has 1 aliphatic carbocycles. The summed E-state index contributed by atoms with van der Waals surface area (Å²) in [6.07, 6.45) is 5.74. The van der Waals surface area contributed by atoms with Crippen LogP contribution in [0.4, 0.5) is 15.7 Å². The van der Waals surface area contributed by atoms with Gasteiger partial charge in [0.2, 0.25) is 10.1 Å². The number of aromatic nitrogens is 3. The topological polar surface area (TPSA) is 87.0 Å². The lowest BCUT2D eigenvalue weighted by atomic mass is 10.1. The van der Waals surface area contributed by atoms with E-state index >= 15 is 0 Å². The van der Waals surface area contributed by atoms with Gasteiger partial charge >= 0.3 is 6.03 Å². The maximum atomic E-state index is 12.4. The van der Waals surface area contributed by atoms with E-state index in [9.17, 15) is 4.79 Å². The number of nitrogens with zero attached hydrogens (tertiary/aromatic N) is 5. The van der Waals surface area contributed by atoms with E-state index in [-0.39, 0.29) is 6.03 Å². The number of urea groups is 1. The fourth-order valence-corrected chi connectivity index (χ4v) is 5.75. The van der Waals surface area contributed by atoms with E-state index in [0.717, 1.165) is 46.7 Å². The third-order valence-corrected chi connectivity index (χ3v) is 7.82. The van der Waals surface area contributed by atoms with Crippen molar-refractivity contribution < 1.29 is 9.53 Å². The van der Waals surface area contributed by atoms with Crippen LogP contribution in [0, 0.1) is 6.92 Å². The Balaban J connectivity index is 1.31. The van der Waals surface area contributed by atoms with Crippen molar-refractivity contribution in [1.29, 1.82) is 0 Å². The molecule has 2 fully saturated rings. The molecule has 0 radical (unpaired) electrons. The summed E-state index contributed by atoms with van der Waals surface area (Å²) in [5, 5.41) is 12.7. The molecular weight excluding hydrogens is 462 g/mol. The van der Waals surface area contributed by atoms with Crippen LogP contribution < -0.4 is 15.5 Å². The van der Waals surface area contributed by atoms with Gasteiger partial charge in [-0.05, 0) is 26.2 Å². The summed E-state index contributed by atoms with van der Waals surface area (Å²) < 4.78 is 7.03. The lowest BCUT2D eigenvalue weighted by Crippen LogP contribution is -2.52. The van der Waals surface area contributed by atoms with Crippen LogP contribution in [-0.2, 0) is 4.74 Å². The molecule has 1 saturated heterocycles. The van der Waals surface area contributed by atoms with Crippen LogP contribution in [0.3, 0.4) is 0 Å². The summed E-state index contributed by atoms with van der Waals surface area (Å²) in [5.41, 5.74) is 3.32. The molecule has 2 amide bonds. The van der Waals surface area contributed by atoms with Crippen molar-refractivity contribution >= 4 is 33.3 Å². The zero-order valence-corrected chi connectivity index (χ0v) is 21.4. The molecule has 1 aromatic carbocycles. The lowest BCUT2D eigenvalue weighted by molar-refractivity contribution is 0.183.